The second-order valence-electron chi connectivity index (χ2n) is 7.35. The van der Waals surface area contributed by atoms with Crippen LogP contribution in [0, 0.1) is 0 Å². The highest BCUT2D eigenvalue weighted by atomic mass is 35.5. The molecule has 0 fully saturated rings. The van der Waals surface area contributed by atoms with Crippen LogP contribution in [0.5, 0.6) is 23.0 Å². The fraction of sp³-hybridized carbons (Fsp3) is 0.160. The molecule has 0 aliphatic heterocycles. The van der Waals surface area contributed by atoms with Gasteiger partial charge < -0.3 is 23.9 Å². The smallest absolute Gasteiger partial charge is 0.161 e. The molecule has 0 spiro atoms. The monoisotopic (exact) mass is 448 g/mol. The van der Waals surface area contributed by atoms with Gasteiger partial charge in [0.05, 0.1) is 39.5 Å². The van der Waals surface area contributed by atoms with E-state index in [1.54, 1.807) is 28.4 Å². The van der Waals surface area contributed by atoms with E-state index < -0.39 is 0 Å². The van der Waals surface area contributed by atoms with Gasteiger partial charge in [0.2, 0.25) is 0 Å². The molecule has 0 unspecified atom stereocenters. The van der Waals surface area contributed by atoms with E-state index in [9.17, 15) is 0 Å². The molecule has 1 heterocycles. The van der Waals surface area contributed by atoms with Crippen molar-refractivity contribution in [2.24, 2.45) is 0 Å². The van der Waals surface area contributed by atoms with Crippen LogP contribution in [0.2, 0.25) is 5.02 Å². The van der Waals surface area contributed by atoms with Gasteiger partial charge in [-0.2, -0.15) is 0 Å². The van der Waals surface area contributed by atoms with Gasteiger partial charge in [-0.05, 0) is 70.1 Å². The number of rotatable bonds is 5. The van der Waals surface area contributed by atoms with Crippen molar-refractivity contribution < 1.29 is 18.9 Å². The van der Waals surface area contributed by atoms with Crippen LogP contribution in [-0.2, 0) is 0 Å². The van der Waals surface area contributed by atoms with E-state index in [-0.39, 0.29) is 0 Å². The first kappa shape index (κ1) is 20.3. The zero-order valence-electron chi connectivity index (χ0n) is 18.1. The van der Waals surface area contributed by atoms with Crippen molar-refractivity contribution in [2.45, 2.75) is 0 Å². The Kier molecular flexibility index (Phi) is 4.94. The average Bonchev–Trinajstić information content (AvgIpc) is 3.24. The molecule has 4 aromatic carbocycles. The molecule has 0 saturated heterocycles. The van der Waals surface area contributed by atoms with E-state index in [1.807, 2.05) is 42.5 Å². The number of hydrogen-bond acceptors (Lipinski definition) is 5. The van der Waals surface area contributed by atoms with Crippen LogP contribution >= 0.6 is 11.6 Å². The number of fused-ring (bicyclic) bond motifs is 4. The van der Waals surface area contributed by atoms with Gasteiger partial charge in [0.15, 0.2) is 23.0 Å². The summed E-state index contributed by atoms with van der Waals surface area (Å²) in [5, 5.41) is 4.58. The SMILES string of the molecule is COc1cc2cc(-c3nc4ccc(Cl)cc4[nH]3)c3cc(OC)c(OC)cc3c2cc1OC. The largest absolute Gasteiger partial charge is 0.493 e. The van der Waals surface area contributed by atoms with Crippen molar-refractivity contribution in [3.63, 3.8) is 0 Å². The van der Waals surface area contributed by atoms with Gasteiger partial charge in [-0.3, -0.25) is 0 Å². The number of aromatic amines is 1. The van der Waals surface area contributed by atoms with E-state index >= 15 is 0 Å². The Labute approximate surface area is 189 Å². The molecule has 0 saturated carbocycles. The lowest BCUT2D eigenvalue weighted by molar-refractivity contribution is 0.355. The maximum absolute atomic E-state index is 6.18. The van der Waals surface area contributed by atoms with Crippen molar-refractivity contribution in [1.82, 2.24) is 9.97 Å². The summed E-state index contributed by atoms with van der Waals surface area (Å²) in [4.78, 5) is 8.22. The normalized spacial score (nSPS) is 11.3. The Morgan fingerprint density at radius 1 is 0.688 bits per heavy atom. The van der Waals surface area contributed by atoms with Crippen molar-refractivity contribution in [2.75, 3.05) is 28.4 Å². The molecule has 0 aliphatic carbocycles. The summed E-state index contributed by atoms with van der Waals surface area (Å²) in [5.41, 5.74) is 2.63. The number of benzene rings is 4. The molecule has 162 valence electrons. The molecule has 0 bridgehead atoms. The summed E-state index contributed by atoms with van der Waals surface area (Å²) >= 11 is 6.18. The maximum Gasteiger partial charge on any atom is 0.161 e. The Bertz CT molecular complexity index is 1490. The van der Waals surface area contributed by atoms with E-state index in [1.165, 1.54) is 0 Å². The van der Waals surface area contributed by atoms with Crippen LogP contribution in [0.4, 0.5) is 0 Å². The van der Waals surface area contributed by atoms with Crippen molar-refractivity contribution in [3.8, 4) is 34.4 Å². The Morgan fingerprint density at radius 3 is 1.94 bits per heavy atom. The molecule has 6 nitrogen and oxygen atoms in total. The third-order valence-electron chi connectivity index (χ3n) is 5.66. The van der Waals surface area contributed by atoms with Gasteiger partial charge in [-0.15, -0.1) is 0 Å². The summed E-state index contributed by atoms with van der Waals surface area (Å²) in [6, 6.07) is 15.6. The molecule has 0 atom stereocenters. The summed E-state index contributed by atoms with van der Waals surface area (Å²) in [6.07, 6.45) is 0. The third-order valence-corrected chi connectivity index (χ3v) is 5.89. The van der Waals surface area contributed by atoms with E-state index in [0.717, 1.165) is 44.0 Å². The van der Waals surface area contributed by atoms with Gasteiger partial charge in [-0.25, -0.2) is 4.98 Å². The van der Waals surface area contributed by atoms with E-state index in [4.69, 9.17) is 35.5 Å². The van der Waals surface area contributed by atoms with Gasteiger partial charge in [0.1, 0.15) is 5.82 Å². The number of aromatic nitrogens is 2. The first-order valence-electron chi connectivity index (χ1n) is 9.96. The first-order valence-corrected chi connectivity index (χ1v) is 10.3. The lowest BCUT2D eigenvalue weighted by Crippen LogP contribution is -1.95. The van der Waals surface area contributed by atoms with Crippen LogP contribution in [0.25, 0.3) is 44.0 Å². The highest BCUT2D eigenvalue weighted by Crippen LogP contribution is 2.43. The number of nitrogens with one attached hydrogen (secondary N) is 1. The van der Waals surface area contributed by atoms with Crippen LogP contribution in [-0.4, -0.2) is 38.4 Å². The van der Waals surface area contributed by atoms with Gasteiger partial charge in [0.25, 0.3) is 0 Å². The summed E-state index contributed by atoms with van der Waals surface area (Å²) in [5.74, 6) is 3.32. The number of halogens is 1. The zero-order valence-corrected chi connectivity index (χ0v) is 18.8. The lowest BCUT2D eigenvalue weighted by Gasteiger charge is -2.15. The van der Waals surface area contributed by atoms with Gasteiger partial charge in [-0.1, -0.05) is 11.6 Å². The topological polar surface area (TPSA) is 65.6 Å². The van der Waals surface area contributed by atoms with Crippen molar-refractivity contribution in [3.05, 3.63) is 53.6 Å². The molecular weight excluding hydrogens is 428 g/mol. The molecule has 5 rings (SSSR count). The highest BCUT2D eigenvalue weighted by molar-refractivity contribution is 6.31. The van der Waals surface area contributed by atoms with Crippen LogP contribution in [0.15, 0.2) is 48.5 Å². The number of methoxy groups -OCH3 is 4. The molecule has 5 aromatic rings. The molecule has 0 aliphatic rings. The molecule has 0 radical (unpaired) electrons. The molecule has 32 heavy (non-hydrogen) atoms. The Balaban J connectivity index is 1.91. The standard InChI is InChI=1S/C25H21ClN2O4/c1-29-21-8-13-7-18(25-27-19-6-5-14(26)9-20(19)28-25)17-12-24(32-4)23(31-3)11-16(17)15(13)10-22(21)30-2/h5-12H,1-4H3,(H,27,28). The molecular formula is C25H21ClN2O4. The minimum absolute atomic E-state index is 0.639. The van der Waals surface area contributed by atoms with Gasteiger partial charge >= 0.3 is 0 Å². The minimum atomic E-state index is 0.639. The van der Waals surface area contributed by atoms with Crippen molar-refractivity contribution in [1.29, 1.82) is 0 Å². The summed E-state index contributed by atoms with van der Waals surface area (Å²) in [6.45, 7) is 0. The van der Waals surface area contributed by atoms with Crippen LogP contribution in [0.3, 0.4) is 0 Å². The molecule has 0 amide bonds. The number of hydrogen-bond donors (Lipinski definition) is 1. The van der Waals surface area contributed by atoms with Gasteiger partial charge in [0, 0.05) is 10.6 Å². The maximum atomic E-state index is 6.18. The van der Waals surface area contributed by atoms with E-state index in [0.29, 0.717) is 28.0 Å². The minimum Gasteiger partial charge on any atom is -0.493 e. The summed E-state index contributed by atoms with van der Waals surface area (Å²) in [7, 11) is 6.51. The number of imidazole rings is 1. The molecule has 1 aromatic heterocycles. The highest BCUT2D eigenvalue weighted by Gasteiger charge is 2.18. The number of ether oxygens (including phenoxy) is 4. The Hall–Kier alpha value is -3.64. The Morgan fingerprint density at radius 2 is 1.28 bits per heavy atom. The first-order chi connectivity index (χ1) is 15.6. The quantitative estimate of drug-likeness (QED) is 0.323. The predicted octanol–water partition coefficient (Wildman–Crippen LogP) is 6.22. The zero-order chi connectivity index (χ0) is 22.4. The number of nitrogens with zero attached hydrogens (tertiary/aromatic N) is 1. The van der Waals surface area contributed by atoms with Crippen molar-refractivity contribution >= 4 is 44.2 Å². The lowest BCUT2D eigenvalue weighted by atomic mass is 9.95. The number of H-pyrrole nitrogens is 1. The third kappa shape index (κ3) is 3.15. The van der Waals surface area contributed by atoms with Crippen LogP contribution < -0.4 is 18.9 Å². The predicted molar refractivity (Wildman–Crippen MR) is 128 cm³/mol. The van der Waals surface area contributed by atoms with Crippen LogP contribution in [0.1, 0.15) is 0 Å². The fourth-order valence-electron chi connectivity index (χ4n) is 4.11. The summed E-state index contributed by atoms with van der Waals surface area (Å²) < 4.78 is 22.3. The fourth-order valence-corrected chi connectivity index (χ4v) is 4.28. The second-order valence-corrected chi connectivity index (χ2v) is 7.79. The molecule has 1 N–H and O–H groups in total. The molecule has 7 heteroatoms. The second kappa shape index (κ2) is 7.80. The van der Waals surface area contributed by atoms with E-state index in [2.05, 4.69) is 11.1 Å². The average molecular weight is 449 g/mol.